The zero-order valence-corrected chi connectivity index (χ0v) is 13.7. The van der Waals surface area contributed by atoms with E-state index in [0.29, 0.717) is 0 Å². The van der Waals surface area contributed by atoms with E-state index in [0.717, 1.165) is 38.0 Å². The molecule has 1 aromatic rings. The lowest BCUT2D eigenvalue weighted by Crippen LogP contribution is -2.31. The largest absolute Gasteiger partial charge is 0.383 e. The topological polar surface area (TPSA) is 21.3 Å². The van der Waals surface area contributed by atoms with E-state index >= 15 is 0 Å². The molecular formula is C19H31NO. The van der Waals surface area contributed by atoms with Crippen molar-refractivity contribution in [2.24, 2.45) is 11.8 Å². The number of ether oxygens (including phenoxy) is 1. The minimum atomic E-state index is 0.775. The maximum Gasteiger partial charge on any atom is 0.0587 e. The summed E-state index contributed by atoms with van der Waals surface area (Å²) in [5.41, 5.74) is 2.94. The predicted octanol–water partition coefficient (Wildman–Crippen LogP) is 3.83. The lowest BCUT2D eigenvalue weighted by molar-refractivity contribution is 0.195. The monoisotopic (exact) mass is 289 g/mol. The molecule has 0 spiro atoms. The van der Waals surface area contributed by atoms with Crippen molar-refractivity contribution >= 4 is 0 Å². The average Bonchev–Trinajstić information content (AvgIpc) is 3.05. The van der Waals surface area contributed by atoms with Gasteiger partial charge in [0.1, 0.15) is 0 Å². The van der Waals surface area contributed by atoms with Gasteiger partial charge in [-0.25, -0.2) is 0 Å². The fourth-order valence-electron chi connectivity index (χ4n) is 3.51. The van der Waals surface area contributed by atoms with Crippen molar-refractivity contribution in [3.8, 4) is 0 Å². The Balaban J connectivity index is 1.90. The van der Waals surface area contributed by atoms with Crippen LogP contribution in [0.5, 0.6) is 0 Å². The van der Waals surface area contributed by atoms with Gasteiger partial charge in [0, 0.05) is 13.7 Å². The van der Waals surface area contributed by atoms with Crippen LogP contribution >= 0.6 is 0 Å². The third-order valence-electron chi connectivity index (χ3n) is 4.89. The highest BCUT2D eigenvalue weighted by Crippen LogP contribution is 2.33. The second-order valence-corrected chi connectivity index (χ2v) is 6.38. The summed E-state index contributed by atoms with van der Waals surface area (Å²) in [6.07, 6.45) is 8.04. The SMILES string of the molecule is CCc1ccc(CC(CNCCOC)C2CCCC2)cc1. The molecule has 2 nitrogen and oxygen atoms in total. The van der Waals surface area contributed by atoms with Gasteiger partial charge in [-0.15, -0.1) is 0 Å². The molecule has 1 aromatic carbocycles. The summed E-state index contributed by atoms with van der Waals surface area (Å²) in [5, 5.41) is 3.58. The van der Waals surface area contributed by atoms with Gasteiger partial charge >= 0.3 is 0 Å². The molecule has 1 atom stereocenters. The molecule has 2 heteroatoms. The summed E-state index contributed by atoms with van der Waals surface area (Å²) in [7, 11) is 1.77. The van der Waals surface area contributed by atoms with Crippen LogP contribution in [0, 0.1) is 11.8 Å². The zero-order chi connectivity index (χ0) is 14.9. The summed E-state index contributed by atoms with van der Waals surface area (Å²) in [6, 6.07) is 9.24. The molecule has 1 N–H and O–H groups in total. The van der Waals surface area contributed by atoms with Gasteiger partial charge in [0.2, 0.25) is 0 Å². The molecule has 0 amide bonds. The van der Waals surface area contributed by atoms with Gasteiger partial charge in [-0.1, -0.05) is 56.9 Å². The van der Waals surface area contributed by atoms with Crippen LogP contribution in [0.25, 0.3) is 0 Å². The molecule has 1 saturated carbocycles. The fourth-order valence-corrected chi connectivity index (χ4v) is 3.51. The third-order valence-corrected chi connectivity index (χ3v) is 4.89. The standard InChI is InChI=1S/C19H31NO/c1-3-16-8-10-17(11-9-16)14-19(15-20-12-13-21-2)18-6-4-5-7-18/h8-11,18-20H,3-7,12-15H2,1-2H3. The Morgan fingerprint density at radius 3 is 2.43 bits per heavy atom. The van der Waals surface area contributed by atoms with Crippen molar-refractivity contribution in [2.75, 3.05) is 26.8 Å². The van der Waals surface area contributed by atoms with Crippen molar-refractivity contribution < 1.29 is 4.74 Å². The summed E-state index contributed by atoms with van der Waals surface area (Å²) < 4.78 is 5.13. The van der Waals surface area contributed by atoms with Crippen molar-refractivity contribution in [2.45, 2.75) is 45.4 Å². The summed E-state index contributed by atoms with van der Waals surface area (Å²) in [4.78, 5) is 0. The van der Waals surface area contributed by atoms with Crippen molar-refractivity contribution in [3.05, 3.63) is 35.4 Å². The first-order valence-corrected chi connectivity index (χ1v) is 8.61. The van der Waals surface area contributed by atoms with Crippen LogP contribution in [0.1, 0.15) is 43.7 Å². The number of nitrogens with one attached hydrogen (secondary N) is 1. The molecule has 1 aliphatic carbocycles. The number of rotatable bonds is 9. The first-order valence-electron chi connectivity index (χ1n) is 8.61. The molecule has 0 aliphatic heterocycles. The van der Waals surface area contributed by atoms with Gasteiger partial charge in [0.15, 0.2) is 0 Å². The van der Waals surface area contributed by atoms with Crippen LogP contribution in [-0.4, -0.2) is 26.8 Å². The molecule has 1 aliphatic rings. The Hall–Kier alpha value is -0.860. The second-order valence-electron chi connectivity index (χ2n) is 6.38. The minimum absolute atomic E-state index is 0.775. The zero-order valence-electron chi connectivity index (χ0n) is 13.7. The Morgan fingerprint density at radius 2 is 1.81 bits per heavy atom. The molecule has 0 saturated heterocycles. The van der Waals surface area contributed by atoms with Crippen LogP contribution in [0.2, 0.25) is 0 Å². The van der Waals surface area contributed by atoms with Crippen molar-refractivity contribution in [1.82, 2.24) is 5.32 Å². The molecule has 0 radical (unpaired) electrons. The first kappa shape index (κ1) is 16.5. The summed E-state index contributed by atoms with van der Waals surface area (Å²) >= 11 is 0. The fraction of sp³-hybridized carbons (Fsp3) is 0.684. The van der Waals surface area contributed by atoms with E-state index < -0.39 is 0 Å². The molecule has 0 bridgehead atoms. The molecule has 2 rings (SSSR count). The highest BCUT2D eigenvalue weighted by Gasteiger charge is 2.24. The van der Waals surface area contributed by atoms with E-state index in [4.69, 9.17) is 4.74 Å². The molecule has 0 heterocycles. The number of hydrogen-bond donors (Lipinski definition) is 1. The maximum absolute atomic E-state index is 5.13. The van der Waals surface area contributed by atoms with Gasteiger partial charge in [0.05, 0.1) is 6.61 Å². The van der Waals surface area contributed by atoms with Crippen LogP contribution in [0.15, 0.2) is 24.3 Å². The number of methoxy groups -OCH3 is 1. The van der Waals surface area contributed by atoms with Gasteiger partial charge in [-0.3, -0.25) is 0 Å². The van der Waals surface area contributed by atoms with Gasteiger partial charge in [-0.2, -0.15) is 0 Å². The van der Waals surface area contributed by atoms with Gasteiger partial charge in [-0.05, 0) is 42.3 Å². The highest BCUT2D eigenvalue weighted by molar-refractivity contribution is 5.23. The summed E-state index contributed by atoms with van der Waals surface area (Å²) in [5.74, 6) is 1.68. The highest BCUT2D eigenvalue weighted by atomic mass is 16.5. The predicted molar refractivity (Wildman–Crippen MR) is 89.7 cm³/mol. The van der Waals surface area contributed by atoms with Crippen LogP contribution in [0.3, 0.4) is 0 Å². The van der Waals surface area contributed by atoms with Crippen molar-refractivity contribution in [1.29, 1.82) is 0 Å². The Kier molecular flexibility index (Phi) is 7.25. The van der Waals surface area contributed by atoms with E-state index in [2.05, 4.69) is 36.5 Å². The van der Waals surface area contributed by atoms with Crippen LogP contribution in [0.4, 0.5) is 0 Å². The van der Waals surface area contributed by atoms with Crippen molar-refractivity contribution in [3.63, 3.8) is 0 Å². The number of benzene rings is 1. The summed E-state index contributed by atoms with van der Waals surface area (Å²) in [6.45, 7) is 5.12. The lowest BCUT2D eigenvalue weighted by Gasteiger charge is -2.24. The molecule has 0 aromatic heterocycles. The quantitative estimate of drug-likeness (QED) is 0.698. The normalized spacial score (nSPS) is 17.2. The Labute approximate surface area is 130 Å². The van der Waals surface area contributed by atoms with Gasteiger partial charge in [0.25, 0.3) is 0 Å². The number of aryl methyl sites for hydroxylation is 1. The van der Waals surface area contributed by atoms with E-state index in [-0.39, 0.29) is 0 Å². The Bertz CT molecular complexity index is 381. The minimum Gasteiger partial charge on any atom is -0.383 e. The average molecular weight is 289 g/mol. The number of hydrogen-bond acceptors (Lipinski definition) is 2. The van der Waals surface area contributed by atoms with E-state index in [1.807, 2.05) is 0 Å². The maximum atomic E-state index is 5.13. The first-order chi connectivity index (χ1) is 10.3. The van der Waals surface area contributed by atoms with E-state index in [1.54, 1.807) is 7.11 Å². The molecular weight excluding hydrogens is 258 g/mol. The van der Waals surface area contributed by atoms with Crippen LogP contribution in [-0.2, 0) is 17.6 Å². The van der Waals surface area contributed by atoms with E-state index in [9.17, 15) is 0 Å². The molecule has 1 unspecified atom stereocenters. The smallest absolute Gasteiger partial charge is 0.0587 e. The van der Waals surface area contributed by atoms with Crippen LogP contribution < -0.4 is 5.32 Å². The lowest BCUT2D eigenvalue weighted by atomic mass is 9.85. The molecule has 21 heavy (non-hydrogen) atoms. The third kappa shape index (κ3) is 5.44. The second kappa shape index (κ2) is 9.22. The van der Waals surface area contributed by atoms with Gasteiger partial charge < -0.3 is 10.1 Å². The molecule has 118 valence electrons. The van der Waals surface area contributed by atoms with E-state index in [1.165, 1.54) is 43.2 Å². The Morgan fingerprint density at radius 1 is 1.14 bits per heavy atom. The molecule has 1 fully saturated rings.